The molecule has 2 fully saturated rings. The molecule has 8 heteroatoms. The monoisotopic (exact) mass is 347 g/mol. The van der Waals surface area contributed by atoms with E-state index in [-0.39, 0.29) is 32.0 Å². The molecule has 2 aromatic heterocycles. The quantitative estimate of drug-likeness (QED) is 0.904. The highest BCUT2D eigenvalue weighted by molar-refractivity contribution is 5.92. The minimum absolute atomic E-state index is 0.0428. The minimum Gasteiger partial charge on any atom is -0.356 e. The Morgan fingerprint density at radius 2 is 2.08 bits per heavy atom. The molecule has 4 heterocycles. The molecule has 1 amide bonds. The predicted octanol–water partition coefficient (Wildman–Crippen LogP) is 2.18. The van der Waals surface area contributed by atoms with Crippen LogP contribution < -0.4 is 4.90 Å². The summed E-state index contributed by atoms with van der Waals surface area (Å²) < 4.78 is 29.7. The van der Waals surface area contributed by atoms with E-state index < -0.39 is 11.3 Å². The normalized spacial score (nSPS) is 25.5. The summed E-state index contributed by atoms with van der Waals surface area (Å²) in [6, 6.07) is 5.48. The molecule has 2 aromatic rings. The SMILES string of the molecule is O=C(c1cnc[nH]1)N1CCC(F)(F)C2(CCN(c3ccccn3)C2)C1. The number of likely N-dealkylation sites (tertiary alicyclic amines) is 1. The number of alkyl halides is 2. The van der Waals surface area contributed by atoms with Crippen LogP contribution in [-0.4, -0.2) is 57.9 Å². The highest BCUT2D eigenvalue weighted by Crippen LogP contribution is 2.50. The van der Waals surface area contributed by atoms with Gasteiger partial charge < -0.3 is 14.8 Å². The van der Waals surface area contributed by atoms with Crippen molar-refractivity contribution in [2.24, 2.45) is 5.41 Å². The topological polar surface area (TPSA) is 65.1 Å². The number of nitrogens with zero attached hydrogens (tertiary/aromatic N) is 4. The second-order valence-corrected chi connectivity index (χ2v) is 6.79. The highest BCUT2D eigenvalue weighted by atomic mass is 19.3. The molecular formula is C17H19F2N5O. The van der Waals surface area contributed by atoms with Crippen LogP contribution in [0.2, 0.25) is 0 Å². The van der Waals surface area contributed by atoms with E-state index in [4.69, 9.17) is 0 Å². The third-order valence-corrected chi connectivity index (χ3v) is 5.31. The molecule has 1 spiro atoms. The van der Waals surface area contributed by atoms with Gasteiger partial charge in [-0.1, -0.05) is 6.07 Å². The lowest BCUT2D eigenvalue weighted by Gasteiger charge is -2.45. The number of aromatic amines is 1. The van der Waals surface area contributed by atoms with Gasteiger partial charge in [0.2, 0.25) is 0 Å². The van der Waals surface area contributed by atoms with Gasteiger partial charge in [-0.2, -0.15) is 0 Å². The molecule has 0 radical (unpaired) electrons. The first-order chi connectivity index (χ1) is 12.0. The van der Waals surface area contributed by atoms with Gasteiger partial charge in [0.25, 0.3) is 11.8 Å². The molecule has 0 bridgehead atoms. The van der Waals surface area contributed by atoms with Crippen molar-refractivity contribution in [3.05, 3.63) is 42.6 Å². The number of carbonyl (C=O) groups excluding carboxylic acids is 1. The van der Waals surface area contributed by atoms with Gasteiger partial charge >= 0.3 is 0 Å². The maximum Gasteiger partial charge on any atom is 0.271 e. The summed E-state index contributed by atoms with van der Waals surface area (Å²) in [4.78, 5) is 26.8. The van der Waals surface area contributed by atoms with Crippen molar-refractivity contribution in [1.82, 2.24) is 19.9 Å². The van der Waals surface area contributed by atoms with Crippen molar-refractivity contribution in [3.63, 3.8) is 0 Å². The molecule has 1 unspecified atom stereocenters. The number of imidazole rings is 1. The van der Waals surface area contributed by atoms with Gasteiger partial charge in [0, 0.05) is 38.8 Å². The van der Waals surface area contributed by atoms with Crippen LogP contribution in [0.4, 0.5) is 14.6 Å². The molecule has 25 heavy (non-hydrogen) atoms. The average Bonchev–Trinajstić information content (AvgIpc) is 3.29. The summed E-state index contributed by atoms with van der Waals surface area (Å²) in [6.07, 6.45) is 4.52. The number of hydrogen-bond acceptors (Lipinski definition) is 4. The maximum atomic E-state index is 14.8. The molecule has 1 N–H and O–H groups in total. The molecule has 132 valence electrons. The van der Waals surface area contributed by atoms with Crippen LogP contribution in [0.15, 0.2) is 36.9 Å². The van der Waals surface area contributed by atoms with E-state index in [1.807, 2.05) is 17.0 Å². The highest BCUT2D eigenvalue weighted by Gasteiger charge is 2.60. The predicted molar refractivity (Wildman–Crippen MR) is 87.6 cm³/mol. The van der Waals surface area contributed by atoms with E-state index >= 15 is 0 Å². The molecule has 1 atom stereocenters. The lowest BCUT2D eigenvalue weighted by molar-refractivity contribution is -0.150. The average molecular weight is 347 g/mol. The Hall–Kier alpha value is -2.51. The molecule has 0 saturated carbocycles. The molecule has 2 saturated heterocycles. The molecule has 4 rings (SSSR count). The van der Waals surface area contributed by atoms with Crippen molar-refractivity contribution < 1.29 is 13.6 Å². The third kappa shape index (κ3) is 2.65. The smallest absolute Gasteiger partial charge is 0.271 e. The number of anilines is 1. The standard InChI is InChI=1S/C17H19F2N5O/c18-17(19)5-8-24(15(25)13-9-20-12-22-13)11-16(17)4-7-23(10-16)14-3-1-2-6-21-14/h1-3,6,9,12H,4-5,7-8,10-11H2,(H,20,22). The minimum atomic E-state index is -2.80. The van der Waals surface area contributed by atoms with Gasteiger partial charge in [0.05, 0.1) is 17.9 Å². The van der Waals surface area contributed by atoms with E-state index in [9.17, 15) is 13.6 Å². The molecule has 0 aromatic carbocycles. The summed E-state index contributed by atoms with van der Waals surface area (Å²) in [5.41, 5.74) is -0.904. The van der Waals surface area contributed by atoms with Crippen LogP contribution in [-0.2, 0) is 0 Å². The first-order valence-corrected chi connectivity index (χ1v) is 8.32. The number of halogens is 2. The number of hydrogen-bond donors (Lipinski definition) is 1. The lowest BCUT2D eigenvalue weighted by atomic mass is 9.75. The van der Waals surface area contributed by atoms with Crippen molar-refractivity contribution in [2.45, 2.75) is 18.8 Å². The van der Waals surface area contributed by atoms with Gasteiger partial charge in [-0.15, -0.1) is 0 Å². The number of aromatic nitrogens is 3. The lowest BCUT2D eigenvalue weighted by Crippen LogP contribution is -2.58. The van der Waals surface area contributed by atoms with Gasteiger partial charge in [0.15, 0.2) is 0 Å². The van der Waals surface area contributed by atoms with Crippen LogP contribution in [0.3, 0.4) is 0 Å². The first-order valence-electron chi connectivity index (χ1n) is 8.32. The van der Waals surface area contributed by atoms with Crippen LogP contribution >= 0.6 is 0 Å². The maximum absolute atomic E-state index is 14.8. The van der Waals surface area contributed by atoms with E-state index in [2.05, 4.69) is 15.0 Å². The largest absolute Gasteiger partial charge is 0.356 e. The molecular weight excluding hydrogens is 328 g/mol. The summed E-state index contributed by atoms with van der Waals surface area (Å²) >= 11 is 0. The summed E-state index contributed by atoms with van der Waals surface area (Å²) in [7, 11) is 0. The number of piperidine rings is 1. The fraction of sp³-hybridized carbons (Fsp3) is 0.471. The van der Waals surface area contributed by atoms with Crippen LogP contribution in [0, 0.1) is 5.41 Å². The van der Waals surface area contributed by atoms with Crippen LogP contribution in [0.1, 0.15) is 23.3 Å². The van der Waals surface area contributed by atoms with Crippen molar-refractivity contribution in [3.8, 4) is 0 Å². The number of H-pyrrole nitrogens is 1. The van der Waals surface area contributed by atoms with Gasteiger partial charge in [0.1, 0.15) is 11.5 Å². The van der Waals surface area contributed by atoms with E-state index in [0.29, 0.717) is 24.5 Å². The number of carbonyl (C=O) groups is 1. The number of pyridine rings is 1. The van der Waals surface area contributed by atoms with E-state index in [0.717, 1.165) is 0 Å². The molecule has 6 nitrogen and oxygen atoms in total. The van der Waals surface area contributed by atoms with Gasteiger partial charge in [-0.05, 0) is 18.6 Å². The molecule has 0 aliphatic carbocycles. The Morgan fingerprint density at radius 3 is 2.80 bits per heavy atom. The van der Waals surface area contributed by atoms with Crippen molar-refractivity contribution in [1.29, 1.82) is 0 Å². The first kappa shape index (κ1) is 16.0. The van der Waals surface area contributed by atoms with Gasteiger partial charge in [-0.25, -0.2) is 18.7 Å². The second-order valence-electron chi connectivity index (χ2n) is 6.79. The zero-order chi connectivity index (χ0) is 17.5. The van der Waals surface area contributed by atoms with E-state index in [1.54, 1.807) is 12.3 Å². The number of nitrogens with one attached hydrogen (secondary N) is 1. The van der Waals surface area contributed by atoms with Crippen LogP contribution in [0.25, 0.3) is 0 Å². The molecule has 2 aliphatic rings. The fourth-order valence-electron chi connectivity index (χ4n) is 3.85. The Balaban J connectivity index is 1.57. The third-order valence-electron chi connectivity index (χ3n) is 5.31. The van der Waals surface area contributed by atoms with Crippen molar-refractivity contribution in [2.75, 3.05) is 31.1 Å². The van der Waals surface area contributed by atoms with E-state index in [1.165, 1.54) is 17.4 Å². The Kier molecular flexibility index (Phi) is 3.70. The number of rotatable bonds is 2. The Labute approximate surface area is 143 Å². The summed E-state index contributed by atoms with van der Waals surface area (Å²) in [5.74, 6) is -2.38. The zero-order valence-electron chi connectivity index (χ0n) is 13.7. The Morgan fingerprint density at radius 1 is 1.20 bits per heavy atom. The Bertz CT molecular complexity index is 752. The van der Waals surface area contributed by atoms with Gasteiger partial charge in [-0.3, -0.25) is 4.79 Å². The molecule has 2 aliphatic heterocycles. The summed E-state index contributed by atoms with van der Waals surface area (Å²) in [5, 5.41) is 0. The fourth-order valence-corrected chi connectivity index (χ4v) is 3.85. The van der Waals surface area contributed by atoms with Crippen LogP contribution in [0.5, 0.6) is 0 Å². The second kappa shape index (κ2) is 5.79. The summed E-state index contributed by atoms with van der Waals surface area (Å²) in [6.45, 7) is 0.805. The van der Waals surface area contributed by atoms with Crippen molar-refractivity contribution >= 4 is 11.7 Å². The number of amides is 1. The zero-order valence-corrected chi connectivity index (χ0v) is 13.7.